The quantitative estimate of drug-likeness (QED) is 0.802. The van der Waals surface area contributed by atoms with Crippen molar-refractivity contribution in [1.82, 2.24) is 4.98 Å². The second kappa shape index (κ2) is 4.25. The fourth-order valence-corrected chi connectivity index (χ4v) is 1.36. The van der Waals surface area contributed by atoms with Crippen LogP contribution >= 0.6 is 11.6 Å². The van der Waals surface area contributed by atoms with Crippen LogP contribution in [0.4, 0.5) is 0 Å². The number of halogens is 1. The average molecular weight is 235 g/mol. The lowest BCUT2D eigenvalue weighted by molar-refractivity contribution is 0.308. The molecule has 4 nitrogen and oxygen atoms in total. The smallest absolute Gasteiger partial charge is 0.324 e. The minimum atomic E-state index is 0.118. The molecular formula is C11H7ClN2O2. The van der Waals surface area contributed by atoms with Crippen molar-refractivity contribution >= 4 is 11.6 Å². The highest BCUT2D eigenvalue weighted by atomic mass is 35.5. The van der Waals surface area contributed by atoms with Gasteiger partial charge in [0.2, 0.25) is 11.6 Å². The van der Waals surface area contributed by atoms with Crippen LogP contribution in [0, 0.1) is 11.3 Å². The van der Waals surface area contributed by atoms with Crippen LogP contribution in [-0.2, 0) is 0 Å². The molecule has 16 heavy (non-hydrogen) atoms. The third-order valence-corrected chi connectivity index (χ3v) is 2.23. The summed E-state index contributed by atoms with van der Waals surface area (Å²) in [6.45, 7) is 0. The Morgan fingerprint density at radius 2 is 2.06 bits per heavy atom. The molecule has 0 bridgehead atoms. The summed E-state index contributed by atoms with van der Waals surface area (Å²) < 4.78 is 10.2. The molecule has 0 aliphatic rings. The summed E-state index contributed by atoms with van der Waals surface area (Å²) in [4.78, 5) is 4.00. The van der Waals surface area contributed by atoms with Crippen LogP contribution in [0.1, 0.15) is 5.69 Å². The molecule has 1 aromatic carbocycles. The van der Waals surface area contributed by atoms with Gasteiger partial charge in [0, 0.05) is 10.6 Å². The molecule has 0 saturated carbocycles. The van der Waals surface area contributed by atoms with Gasteiger partial charge in [-0.1, -0.05) is 11.6 Å². The van der Waals surface area contributed by atoms with Crippen molar-refractivity contribution in [3.63, 3.8) is 0 Å². The molecule has 0 radical (unpaired) electrons. The lowest BCUT2D eigenvalue weighted by atomic mass is 10.2. The molecule has 0 N–H and O–H groups in total. The first-order valence-corrected chi connectivity index (χ1v) is 4.83. The second-order valence-corrected chi connectivity index (χ2v) is 3.41. The van der Waals surface area contributed by atoms with Gasteiger partial charge in [-0.05, 0) is 24.3 Å². The van der Waals surface area contributed by atoms with Crippen molar-refractivity contribution in [2.24, 2.45) is 0 Å². The Labute approximate surface area is 97.0 Å². The zero-order valence-corrected chi connectivity index (χ0v) is 9.15. The number of nitrogens with zero attached hydrogens (tertiary/aromatic N) is 2. The largest absolute Gasteiger partial charge is 0.466 e. The molecule has 0 spiro atoms. The average Bonchev–Trinajstić information content (AvgIpc) is 2.73. The molecule has 0 saturated heterocycles. The van der Waals surface area contributed by atoms with Crippen LogP contribution in [0.2, 0.25) is 5.02 Å². The highest BCUT2D eigenvalue weighted by molar-refractivity contribution is 6.30. The Bertz CT molecular complexity index is 540. The minimum absolute atomic E-state index is 0.118. The highest BCUT2D eigenvalue weighted by Gasteiger charge is 2.14. The van der Waals surface area contributed by atoms with Gasteiger partial charge < -0.3 is 9.15 Å². The number of oxazole rings is 1. The Kier molecular flexibility index (Phi) is 2.80. The van der Waals surface area contributed by atoms with Gasteiger partial charge in [0.1, 0.15) is 6.07 Å². The molecule has 2 aromatic rings. The molecule has 0 unspecified atom stereocenters. The lowest BCUT2D eigenvalue weighted by Crippen LogP contribution is -1.82. The molecule has 2 rings (SSSR count). The number of hydrogen-bond donors (Lipinski definition) is 0. The normalized spacial score (nSPS) is 9.81. The van der Waals surface area contributed by atoms with Gasteiger partial charge in [-0.25, -0.2) is 0 Å². The number of nitriles is 1. The zero-order chi connectivity index (χ0) is 11.5. The van der Waals surface area contributed by atoms with E-state index in [-0.39, 0.29) is 11.6 Å². The van der Waals surface area contributed by atoms with Crippen LogP contribution < -0.4 is 4.74 Å². The van der Waals surface area contributed by atoms with E-state index in [0.717, 1.165) is 5.56 Å². The maximum atomic E-state index is 8.78. The Balaban J connectivity index is 2.45. The monoisotopic (exact) mass is 234 g/mol. The SMILES string of the molecule is COc1oc(-c2ccc(Cl)cc2)nc1C#N. The number of benzene rings is 1. The van der Waals surface area contributed by atoms with Crippen molar-refractivity contribution < 1.29 is 9.15 Å². The van der Waals surface area contributed by atoms with Crippen LogP contribution in [0.15, 0.2) is 28.7 Å². The first kappa shape index (κ1) is 10.5. The predicted octanol–water partition coefficient (Wildman–Crippen LogP) is 2.88. The summed E-state index contributed by atoms with van der Waals surface area (Å²) in [5.41, 5.74) is 0.872. The second-order valence-electron chi connectivity index (χ2n) is 2.98. The highest BCUT2D eigenvalue weighted by Crippen LogP contribution is 2.27. The van der Waals surface area contributed by atoms with E-state index in [4.69, 9.17) is 26.0 Å². The van der Waals surface area contributed by atoms with Gasteiger partial charge in [-0.2, -0.15) is 10.2 Å². The molecule has 0 atom stereocenters. The summed E-state index contributed by atoms with van der Waals surface area (Å²) in [5.74, 6) is 0.456. The van der Waals surface area contributed by atoms with E-state index >= 15 is 0 Å². The molecule has 1 heterocycles. The van der Waals surface area contributed by atoms with Crippen LogP contribution in [0.5, 0.6) is 5.95 Å². The Hall–Kier alpha value is -1.99. The van der Waals surface area contributed by atoms with Crippen molar-refractivity contribution in [1.29, 1.82) is 5.26 Å². The van der Waals surface area contributed by atoms with E-state index in [2.05, 4.69) is 4.98 Å². The van der Waals surface area contributed by atoms with E-state index in [1.165, 1.54) is 7.11 Å². The Morgan fingerprint density at radius 1 is 1.38 bits per heavy atom. The van der Waals surface area contributed by atoms with Crippen LogP contribution in [0.25, 0.3) is 11.5 Å². The van der Waals surface area contributed by atoms with Gasteiger partial charge in [-0.3, -0.25) is 0 Å². The number of rotatable bonds is 2. The van der Waals surface area contributed by atoms with Crippen molar-refractivity contribution in [3.05, 3.63) is 35.0 Å². The first-order valence-electron chi connectivity index (χ1n) is 4.45. The van der Waals surface area contributed by atoms with E-state index in [1.54, 1.807) is 24.3 Å². The summed E-state index contributed by atoms with van der Waals surface area (Å²) in [7, 11) is 1.42. The summed E-state index contributed by atoms with van der Waals surface area (Å²) >= 11 is 5.76. The van der Waals surface area contributed by atoms with Gasteiger partial charge >= 0.3 is 5.95 Å². The van der Waals surface area contributed by atoms with E-state index in [1.807, 2.05) is 6.07 Å². The number of hydrogen-bond acceptors (Lipinski definition) is 4. The number of aromatic nitrogens is 1. The maximum Gasteiger partial charge on any atom is 0.324 e. The van der Waals surface area contributed by atoms with Gasteiger partial charge in [0.15, 0.2) is 0 Å². The molecule has 0 aliphatic heterocycles. The molecular weight excluding hydrogens is 228 g/mol. The van der Waals surface area contributed by atoms with Crippen LogP contribution in [0.3, 0.4) is 0 Å². The Morgan fingerprint density at radius 3 is 2.56 bits per heavy atom. The topological polar surface area (TPSA) is 59.1 Å². The van der Waals surface area contributed by atoms with Crippen molar-refractivity contribution in [3.8, 4) is 23.5 Å². The number of methoxy groups -OCH3 is 1. The molecule has 0 amide bonds. The molecule has 80 valence electrons. The predicted molar refractivity (Wildman–Crippen MR) is 58.2 cm³/mol. The van der Waals surface area contributed by atoms with E-state index < -0.39 is 0 Å². The fourth-order valence-electron chi connectivity index (χ4n) is 1.23. The van der Waals surface area contributed by atoms with Crippen molar-refractivity contribution in [2.75, 3.05) is 7.11 Å². The van der Waals surface area contributed by atoms with Gasteiger partial charge in [-0.15, -0.1) is 0 Å². The first-order chi connectivity index (χ1) is 7.74. The zero-order valence-electron chi connectivity index (χ0n) is 8.40. The fraction of sp³-hybridized carbons (Fsp3) is 0.0909. The lowest BCUT2D eigenvalue weighted by Gasteiger charge is -1.94. The summed E-state index contributed by atoms with van der Waals surface area (Å²) in [6, 6.07) is 8.85. The third-order valence-electron chi connectivity index (χ3n) is 1.98. The summed E-state index contributed by atoms with van der Waals surface area (Å²) in [5, 5.41) is 9.41. The van der Waals surface area contributed by atoms with E-state index in [9.17, 15) is 0 Å². The minimum Gasteiger partial charge on any atom is -0.466 e. The van der Waals surface area contributed by atoms with Crippen molar-refractivity contribution in [2.45, 2.75) is 0 Å². The standard InChI is InChI=1S/C11H7ClN2O2/c1-15-11-9(6-13)14-10(16-11)7-2-4-8(12)5-3-7/h2-5H,1H3. The maximum absolute atomic E-state index is 8.78. The van der Waals surface area contributed by atoms with Gasteiger partial charge in [0.05, 0.1) is 7.11 Å². The summed E-state index contributed by atoms with van der Waals surface area (Å²) in [6.07, 6.45) is 0. The molecule has 5 heteroatoms. The number of ether oxygens (including phenoxy) is 1. The van der Waals surface area contributed by atoms with E-state index in [0.29, 0.717) is 10.9 Å². The molecule has 0 fully saturated rings. The molecule has 0 aliphatic carbocycles. The molecule has 1 aromatic heterocycles. The van der Waals surface area contributed by atoms with Crippen LogP contribution in [-0.4, -0.2) is 12.1 Å². The third kappa shape index (κ3) is 1.86. The van der Waals surface area contributed by atoms with Gasteiger partial charge in [0.25, 0.3) is 0 Å².